The summed E-state index contributed by atoms with van der Waals surface area (Å²) in [7, 11) is -3.65. The number of carboxylic acid groups (broad SMARTS) is 1. The van der Waals surface area contributed by atoms with Gasteiger partial charge in [0.25, 0.3) is 0 Å². The van der Waals surface area contributed by atoms with Crippen LogP contribution in [-0.4, -0.2) is 23.7 Å². The Balaban J connectivity index is 2.25. The van der Waals surface area contributed by atoms with Gasteiger partial charge in [-0.25, -0.2) is 4.79 Å². The Labute approximate surface area is 198 Å². The van der Waals surface area contributed by atoms with Crippen molar-refractivity contribution in [2.75, 3.05) is 11.3 Å². The normalized spacial score (nSPS) is 13.2. The fourth-order valence-corrected chi connectivity index (χ4v) is 7.60. The van der Waals surface area contributed by atoms with Gasteiger partial charge in [-0.05, 0) is 70.0 Å². The summed E-state index contributed by atoms with van der Waals surface area (Å²) >= 11 is 7.30. The van der Waals surface area contributed by atoms with E-state index in [1.54, 1.807) is 35.9 Å². The second-order valence-corrected chi connectivity index (χ2v) is 11.5. The van der Waals surface area contributed by atoms with Crippen molar-refractivity contribution in [1.29, 1.82) is 0 Å². The second-order valence-electron chi connectivity index (χ2n) is 7.80. The van der Waals surface area contributed by atoms with Crippen LogP contribution in [-0.2, 0) is 9.09 Å². The third-order valence-electron chi connectivity index (χ3n) is 5.03. The minimum atomic E-state index is -3.65. The van der Waals surface area contributed by atoms with Crippen molar-refractivity contribution in [2.45, 2.75) is 40.7 Å². The summed E-state index contributed by atoms with van der Waals surface area (Å²) in [6, 6.07) is 14.5. The van der Waals surface area contributed by atoms with Crippen LogP contribution in [0.4, 0.5) is 5.69 Å². The Kier molecular flexibility index (Phi) is 7.51. The zero-order chi connectivity index (χ0) is 23.6. The van der Waals surface area contributed by atoms with E-state index < -0.39 is 13.5 Å². The number of hydrogen-bond donors (Lipinski definition) is 1. The maximum absolute atomic E-state index is 14.5. The van der Waals surface area contributed by atoms with Crippen LogP contribution in [0.5, 0.6) is 0 Å². The van der Waals surface area contributed by atoms with Crippen molar-refractivity contribution in [2.24, 2.45) is 0 Å². The molecule has 5 nitrogen and oxygen atoms in total. The highest BCUT2D eigenvalue weighted by Crippen LogP contribution is 2.56. The molecule has 0 radical (unpaired) electrons. The molecule has 3 aromatic rings. The molecule has 0 saturated carbocycles. The molecule has 2 aromatic carbocycles. The first kappa shape index (κ1) is 24.5. The molecule has 1 aromatic heterocycles. The predicted octanol–water partition coefficient (Wildman–Crippen LogP) is 7.15. The van der Waals surface area contributed by atoms with Gasteiger partial charge in [0, 0.05) is 15.9 Å². The van der Waals surface area contributed by atoms with Crippen molar-refractivity contribution in [3.05, 3.63) is 69.6 Å². The van der Waals surface area contributed by atoms with Crippen LogP contribution in [0.2, 0.25) is 5.02 Å². The third-order valence-corrected chi connectivity index (χ3v) is 9.39. The van der Waals surface area contributed by atoms with Gasteiger partial charge in [-0.2, -0.15) is 0 Å². The lowest BCUT2D eigenvalue weighted by atomic mass is 10.1. The average molecular weight is 492 g/mol. The van der Waals surface area contributed by atoms with E-state index in [9.17, 15) is 14.5 Å². The van der Waals surface area contributed by atoms with E-state index in [0.717, 1.165) is 21.6 Å². The number of carboxylic acids is 1. The van der Waals surface area contributed by atoms with Crippen LogP contribution in [0.25, 0.3) is 10.4 Å². The maximum Gasteiger partial charge on any atom is 0.348 e. The van der Waals surface area contributed by atoms with Gasteiger partial charge < -0.3 is 9.63 Å². The van der Waals surface area contributed by atoms with Crippen LogP contribution < -0.4 is 9.97 Å². The largest absolute Gasteiger partial charge is 0.477 e. The molecular formula is C24H27ClNO4PS. The van der Waals surface area contributed by atoms with Crippen LogP contribution in [0.15, 0.2) is 48.5 Å². The number of benzene rings is 2. The number of anilines is 1. The number of hydrogen-bond acceptors (Lipinski definition) is 4. The SMILES string of the molecule is CCOP(=O)(c1ccc(Cl)cc1C)N(c1cc(-c2ccc(C)cc2)sc1C(=O)O)C(C)C. The quantitative estimate of drug-likeness (QED) is 0.339. The number of nitrogens with zero attached hydrogens (tertiary/aromatic N) is 1. The highest BCUT2D eigenvalue weighted by Gasteiger charge is 2.40. The van der Waals surface area contributed by atoms with E-state index >= 15 is 0 Å². The van der Waals surface area contributed by atoms with Gasteiger partial charge in [-0.15, -0.1) is 11.3 Å². The molecule has 1 N–H and O–H groups in total. The molecule has 1 heterocycles. The fraction of sp³-hybridized carbons (Fsp3) is 0.292. The molecule has 1 unspecified atom stereocenters. The van der Waals surface area contributed by atoms with Crippen molar-refractivity contribution < 1.29 is 19.0 Å². The van der Waals surface area contributed by atoms with E-state index in [2.05, 4.69) is 0 Å². The van der Waals surface area contributed by atoms with Gasteiger partial charge in [0.05, 0.1) is 17.6 Å². The highest BCUT2D eigenvalue weighted by molar-refractivity contribution is 7.68. The second kappa shape index (κ2) is 9.80. The van der Waals surface area contributed by atoms with Crippen molar-refractivity contribution in [1.82, 2.24) is 0 Å². The Morgan fingerprint density at radius 2 is 1.81 bits per heavy atom. The number of carbonyl (C=O) groups is 1. The predicted molar refractivity (Wildman–Crippen MR) is 134 cm³/mol. The molecule has 170 valence electrons. The first-order valence-corrected chi connectivity index (χ1v) is 13.1. The van der Waals surface area contributed by atoms with E-state index in [-0.39, 0.29) is 17.5 Å². The third kappa shape index (κ3) is 4.79. The molecule has 32 heavy (non-hydrogen) atoms. The zero-order valence-electron chi connectivity index (χ0n) is 18.8. The van der Waals surface area contributed by atoms with Crippen LogP contribution >= 0.6 is 30.5 Å². The molecule has 0 saturated heterocycles. The molecule has 3 rings (SSSR count). The van der Waals surface area contributed by atoms with Crippen molar-refractivity contribution >= 4 is 47.4 Å². The topological polar surface area (TPSA) is 66.8 Å². The Bertz CT molecular complexity index is 1170. The summed E-state index contributed by atoms with van der Waals surface area (Å²) in [6.07, 6.45) is 0. The lowest BCUT2D eigenvalue weighted by molar-refractivity contribution is 0.0703. The monoisotopic (exact) mass is 491 g/mol. The van der Waals surface area contributed by atoms with Crippen molar-refractivity contribution in [3.63, 3.8) is 0 Å². The molecule has 0 aliphatic rings. The average Bonchev–Trinajstić information content (AvgIpc) is 3.13. The van der Waals surface area contributed by atoms with E-state index in [4.69, 9.17) is 16.1 Å². The lowest BCUT2D eigenvalue weighted by Crippen LogP contribution is -2.34. The molecule has 0 fully saturated rings. The van der Waals surface area contributed by atoms with Gasteiger partial charge in [0.1, 0.15) is 4.88 Å². The van der Waals surface area contributed by atoms with Gasteiger partial charge in [-0.1, -0.05) is 41.4 Å². The van der Waals surface area contributed by atoms with Gasteiger partial charge in [0.2, 0.25) is 0 Å². The summed E-state index contributed by atoms with van der Waals surface area (Å²) in [5.74, 6) is -1.06. The molecule has 1 atom stereocenters. The number of thiophene rings is 1. The highest BCUT2D eigenvalue weighted by atomic mass is 35.5. The Hall–Kier alpha value is -2.11. The maximum atomic E-state index is 14.5. The first-order chi connectivity index (χ1) is 15.1. The minimum Gasteiger partial charge on any atom is -0.477 e. The molecule has 0 bridgehead atoms. The fourth-order valence-electron chi connectivity index (χ4n) is 3.65. The first-order valence-electron chi connectivity index (χ1n) is 10.3. The molecule has 0 spiro atoms. The van der Waals surface area contributed by atoms with Gasteiger partial charge >= 0.3 is 13.5 Å². The number of rotatable bonds is 8. The summed E-state index contributed by atoms with van der Waals surface area (Å²) in [6.45, 7) is 9.58. The summed E-state index contributed by atoms with van der Waals surface area (Å²) in [4.78, 5) is 13.1. The van der Waals surface area contributed by atoms with Crippen LogP contribution in [0, 0.1) is 13.8 Å². The number of aryl methyl sites for hydroxylation is 2. The molecule has 0 amide bonds. The summed E-state index contributed by atoms with van der Waals surface area (Å²) in [5, 5.41) is 11.0. The Morgan fingerprint density at radius 3 is 2.34 bits per heavy atom. The number of halogens is 1. The van der Waals surface area contributed by atoms with Gasteiger partial charge in [0.15, 0.2) is 0 Å². The van der Waals surface area contributed by atoms with E-state index in [1.165, 1.54) is 11.3 Å². The summed E-state index contributed by atoms with van der Waals surface area (Å²) < 4.78 is 22.1. The summed E-state index contributed by atoms with van der Waals surface area (Å²) in [5.41, 5.74) is 3.14. The Morgan fingerprint density at radius 1 is 1.16 bits per heavy atom. The smallest absolute Gasteiger partial charge is 0.348 e. The number of aromatic carboxylic acids is 1. The van der Waals surface area contributed by atoms with E-state index in [0.29, 0.717) is 16.0 Å². The molecule has 8 heteroatoms. The van der Waals surface area contributed by atoms with Crippen LogP contribution in [0.1, 0.15) is 41.6 Å². The minimum absolute atomic E-state index is 0.126. The van der Waals surface area contributed by atoms with Gasteiger partial charge in [-0.3, -0.25) is 9.24 Å². The van der Waals surface area contributed by atoms with E-state index in [1.807, 2.05) is 52.0 Å². The molecular weight excluding hydrogens is 465 g/mol. The van der Waals surface area contributed by atoms with Crippen molar-refractivity contribution in [3.8, 4) is 10.4 Å². The lowest BCUT2D eigenvalue weighted by Gasteiger charge is -2.36. The molecule has 0 aliphatic carbocycles. The molecule has 0 aliphatic heterocycles. The standard InChI is InChI=1S/C24H27ClNO4PS/c1-6-30-31(29,21-12-11-19(25)13-17(21)5)26(15(2)3)20-14-22(32-23(20)24(27)28)18-9-7-16(4)8-10-18/h7-15H,6H2,1-5H3,(H,27,28). The zero-order valence-corrected chi connectivity index (χ0v) is 21.2. The van der Waals surface area contributed by atoms with Crippen LogP contribution in [0.3, 0.4) is 0 Å².